The summed E-state index contributed by atoms with van der Waals surface area (Å²) in [6.45, 7) is 1.83. The van der Waals surface area contributed by atoms with E-state index < -0.39 is 11.8 Å². The van der Waals surface area contributed by atoms with Gasteiger partial charge in [-0.15, -0.1) is 0 Å². The van der Waals surface area contributed by atoms with Gasteiger partial charge in [-0.05, 0) is 48.9 Å². The summed E-state index contributed by atoms with van der Waals surface area (Å²) >= 11 is 1.32. The van der Waals surface area contributed by atoms with Gasteiger partial charge in [0, 0.05) is 9.79 Å². The molecule has 0 heterocycles. The Balaban J connectivity index is 2.31. The molecule has 0 saturated carbocycles. The van der Waals surface area contributed by atoms with Crippen LogP contribution in [0, 0.1) is 24.1 Å². The van der Waals surface area contributed by atoms with Gasteiger partial charge in [0.1, 0.15) is 5.82 Å². The van der Waals surface area contributed by atoms with Crippen molar-refractivity contribution in [2.75, 3.05) is 0 Å². The number of hydrogen-bond acceptors (Lipinski definition) is 3. The van der Waals surface area contributed by atoms with Crippen LogP contribution in [0.2, 0.25) is 0 Å². The molecule has 0 saturated heterocycles. The Bertz CT molecular complexity index is 722. The Hall–Kier alpha value is -2.32. The predicted molar refractivity (Wildman–Crippen MR) is 73.4 cm³/mol. The van der Waals surface area contributed by atoms with Crippen molar-refractivity contribution in [1.82, 2.24) is 0 Å². The predicted octanol–water partition coefficient (Wildman–Crippen LogP) is 3.86. The lowest BCUT2D eigenvalue weighted by Gasteiger charge is -2.05. The summed E-state index contributed by atoms with van der Waals surface area (Å²) in [5.74, 6) is -2.04. The maximum Gasteiger partial charge on any atom is 0.338 e. The Labute approximate surface area is 119 Å². The van der Waals surface area contributed by atoms with Crippen molar-refractivity contribution < 1.29 is 14.3 Å². The van der Waals surface area contributed by atoms with Gasteiger partial charge in [-0.3, -0.25) is 0 Å². The van der Waals surface area contributed by atoms with E-state index in [2.05, 4.69) is 6.07 Å². The van der Waals surface area contributed by atoms with Crippen LogP contribution >= 0.6 is 11.8 Å². The average Bonchev–Trinajstić information content (AvgIpc) is 2.41. The largest absolute Gasteiger partial charge is 0.478 e. The van der Waals surface area contributed by atoms with Crippen LogP contribution in [0.3, 0.4) is 0 Å². The van der Waals surface area contributed by atoms with Crippen molar-refractivity contribution in [3.63, 3.8) is 0 Å². The molecule has 0 spiro atoms. The molecule has 2 aromatic carbocycles. The van der Waals surface area contributed by atoms with E-state index >= 15 is 0 Å². The van der Waals surface area contributed by atoms with Crippen LogP contribution < -0.4 is 0 Å². The van der Waals surface area contributed by atoms with Crippen LogP contribution in [0.1, 0.15) is 21.5 Å². The molecule has 0 atom stereocenters. The standard InChI is InChI=1S/C15H10FNO2S/c1-9-6-11(3-2-10(9)8-17)20-12-4-5-14(16)13(7-12)15(18)19/h2-7H,1H3,(H,18,19). The average molecular weight is 287 g/mol. The van der Waals surface area contributed by atoms with Crippen molar-refractivity contribution in [2.45, 2.75) is 16.7 Å². The number of nitriles is 1. The molecule has 0 aliphatic carbocycles. The highest BCUT2D eigenvalue weighted by Crippen LogP contribution is 2.30. The van der Waals surface area contributed by atoms with E-state index in [-0.39, 0.29) is 5.56 Å². The molecule has 0 bridgehead atoms. The maximum absolute atomic E-state index is 13.3. The third-order valence-electron chi connectivity index (χ3n) is 2.72. The number of halogens is 1. The minimum Gasteiger partial charge on any atom is -0.478 e. The SMILES string of the molecule is Cc1cc(Sc2ccc(F)c(C(=O)O)c2)ccc1C#N. The highest BCUT2D eigenvalue weighted by molar-refractivity contribution is 7.99. The van der Waals surface area contributed by atoms with Gasteiger partial charge in [-0.1, -0.05) is 11.8 Å². The fourth-order valence-electron chi connectivity index (χ4n) is 1.69. The van der Waals surface area contributed by atoms with E-state index in [1.807, 2.05) is 13.0 Å². The molecule has 5 heteroatoms. The summed E-state index contributed by atoms with van der Waals surface area (Å²) in [7, 11) is 0. The first-order chi connectivity index (χ1) is 9.51. The molecule has 20 heavy (non-hydrogen) atoms. The zero-order valence-electron chi connectivity index (χ0n) is 10.6. The van der Waals surface area contributed by atoms with Crippen molar-refractivity contribution in [3.05, 3.63) is 58.9 Å². The van der Waals surface area contributed by atoms with Gasteiger partial charge in [-0.2, -0.15) is 5.26 Å². The second-order valence-electron chi connectivity index (χ2n) is 4.14. The molecule has 0 aliphatic rings. The van der Waals surface area contributed by atoms with Crippen LogP contribution in [0.5, 0.6) is 0 Å². The summed E-state index contributed by atoms with van der Waals surface area (Å²) in [5.41, 5.74) is 1.10. The summed E-state index contributed by atoms with van der Waals surface area (Å²) in [6.07, 6.45) is 0. The minimum absolute atomic E-state index is 0.347. The quantitative estimate of drug-likeness (QED) is 0.931. The fraction of sp³-hybridized carbons (Fsp3) is 0.0667. The molecule has 2 aromatic rings. The van der Waals surface area contributed by atoms with Crippen LogP contribution in [0.4, 0.5) is 4.39 Å². The van der Waals surface area contributed by atoms with Crippen LogP contribution in [0.15, 0.2) is 46.2 Å². The van der Waals surface area contributed by atoms with Crippen molar-refractivity contribution >= 4 is 17.7 Å². The zero-order valence-corrected chi connectivity index (χ0v) is 11.4. The van der Waals surface area contributed by atoms with E-state index in [0.717, 1.165) is 16.5 Å². The monoisotopic (exact) mass is 287 g/mol. The van der Waals surface area contributed by atoms with Gasteiger partial charge >= 0.3 is 5.97 Å². The Morgan fingerprint density at radius 1 is 1.25 bits per heavy atom. The summed E-state index contributed by atoms with van der Waals surface area (Å²) < 4.78 is 13.3. The van der Waals surface area contributed by atoms with Crippen LogP contribution in [-0.2, 0) is 0 Å². The molecule has 100 valence electrons. The lowest BCUT2D eigenvalue weighted by Crippen LogP contribution is -2.00. The molecule has 0 amide bonds. The molecular formula is C15H10FNO2S. The number of aryl methyl sites for hydroxylation is 1. The topological polar surface area (TPSA) is 61.1 Å². The maximum atomic E-state index is 13.3. The minimum atomic E-state index is -1.29. The van der Waals surface area contributed by atoms with E-state index in [1.54, 1.807) is 12.1 Å². The van der Waals surface area contributed by atoms with E-state index in [4.69, 9.17) is 10.4 Å². The lowest BCUT2D eigenvalue weighted by atomic mass is 10.1. The number of benzene rings is 2. The van der Waals surface area contributed by atoms with Crippen molar-refractivity contribution in [2.24, 2.45) is 0 Å². The van der Waals surface area contributed by atoms with Crippen molar-refractivity contribution in [1.29, 1.82) is 5.26 Å². The molecule has 0 unspecified atom stereocenters. The Morgan fingerprint density at radius 3 is 2.50 bits per heavy atom. The van der Waals surface area contributed by atoms with Crippen LogP contribution in [-0.4, -0.2) is 11.1 Å². The second-order valence-corrected chi connectivity index (χ2v) is 5.28. The molecule has 0 fully saturated rings. The Kier molecular flexibility index (Phi) is 4.06. The molecule has 2 rings (SSSR count). The van der Waals surface area contributed by atoms with Gasteiger partial charge in [0.2, 0.25) is 0 Å². The van der Waals surface area contributed by atoms with E-state index in [1.165, 1.54) is 23.9 Å². The number of rotatable bonds is 3. The first kappa shape index (κ1) is 14.1. The van der Waals surface area contributed by atoms with Gasteiger partial charge in [0.05, 0.1) is 17.2 Å². The number of hydrogen-bond donors (Lipinski definition) is 1. The molecule has 0 radical (unpaired) electrons. The third kappa shape index (κ3) is 2.98. The van der Waals surface area contributed by atoms with Gasteiger partial charge in [-0.25, -0.2) is 9.18 Å². The first-order valence-electron chi connectivity index (χ1n) is 5.72. The van der Waals surface area contributed by atoms with Gasteiger partial charge in [0.25, 0.3) is 0 Å². The normalized spacial score (nSPS) is 10.1. The third-order valence-corrected chi connectivity index (χ3v) is 3.70. The smallest absolute Gasteiger partial charge is 0.338 e. The highest BCUT2D eigenvalue weighted by atomic mass is 32.2. The molecule has 0 aromatic heterocycles. The number of carboxylic acids is 1. The number of aromatic carboxylic acids is 1. The molecule has 1 N–H and O–H groups in total. The fourth-order valence-corrected chi connectivity index (χ4v) is 2.65. The lowest BCUT2D eigenvalue weighted by molar-refractivity contribution is 0.0691. The van der Waals surface area contributed by atoms with E-state index in [0.29, 0.717) is 10.5 Å². The summed E-state index contributed by atoms with van der Waals surface area (Å²) in [6, 6.07) is 11.4. The number of nitrogens with zero attached hydrogens (tertiary/aromatic N) is 1. The molecule has 3 nitrogen and oxygen atoms in total. The summed E-state index contributed by atoms with van der Waals surface area (Å²) in [4.78, 5) is 12.4. The zero-order chi connectivity index (χ0) is 14.7. The van der Waals surface area contributed by atoms with Crippen molar-refractivity contribution in [3.8, 4) is 6.07 Å². The van der Waals surface area contributed by atoms with Gasteiger partial charge < -0.3 is 5.11 Å². The van der Waals surface area contributed by atoms with E-state index in [9.17, 15) is 9.18 Å². The Morgan fingerprint density at radius 2 is 1.90 bits per heavy atom. The number of carboxylic acid groups (broad SMARTS) is 1. The van der Waals surface area contributed by atoms with Gasteiger partial charge in [0.15, 0.2) is 0 Å². The molecular weight excluding hydrogens is 277 g/mol. The highest BCUT2D eigenvalue weighted by Gasteiger charge is 2.11. The number of carbonyl (C=O) groups is 1. The molecule has 0 aliphatic heterocycles. The second kappa shape index (κ2) is 5.76. The van der Waals surface area contributed by atoms with Crippen LogP contribution in [0.25, 0.3) is 0 Å². The summed E-state index contributed by atoms with van der Waals surface area (Å²) in [5, 5.41) is 17.7. The first-order valence-corrected chi connectivity index (χ1v) is 6.54.